The highest BCUT2D eigenvalue weighted by Gasteiger charge is 2.17. The molecule has 0 heterocycles. The molecule has 7 heteroatoms. The van der Waals surface area contributed by atoms with Gasteiger partial charge in [0.05, 0.1) is 6.04 Å². The molecule has 0 spiro atoms. The molecular weight excluding hydrogens is 270 g/mol. The Kier molecular flexibility index (Phi) is 8.97. The predicted molar refractivity (Wildman–Crippen MR) is 69.7 cm³/mol. The summed E-state index contributed by atoms with van der Waals surface area (Å²) < 4.78 is 11.2. The third kappa shape index (κ3) is 7.24. The first-order valence-electron chi connectivity index (χ1n) is 4.82. The van der Waals surface area contributed by atoms with Crippen LogP contribution in [0.15, 0.2) is 0 Å². The number of rotatable bonds is 8. The molecule has 0 aliphatic heterocycles. The maximum Gasteiger partial charge on any atom is 0.217 e. The third-order valence-corrected chi connectivity index (χ3v) is 3.93. The van der Waals surface area contributed by atoms with Crippen LogP contribution < -0.4 is 5.32 Å². The van der Waals surface area contributed by atoms with E-state index in [0.717, 1.165) is 0 Å². The number of ketones is 1. The van der Waals surface area contributed by atoms with Crippen LogP contribution in [0.5, 0.6) is 0 Å². The molecule has 16 heavy (non-hydrogen) atoms. The summed E-state index contributed by atoms with van der Waals surface area (Å²) in [6, 6.07) is -0.589. The first kappa shape index (κ1) is 15.9. The second-order valence-electron chi connectivity index (χ2n) is 3.19. The zero-order chi connectivity index (χ0) is 12.6. The largest absolute Gasteiger partial charge is 0.346 e. The van der Waals surface area contributed by atoms with E-state index in [1.807, 2.05) is 0 Å². The van der Waals surface area contributed by atoms with Crippen LogP contribution in [0.4, 0.5) is 0 Å². The van der Waals surface area contributed by atoms with Crippen molar-refractivity contribution in [3.63, 3.8) is 0 Å². The van der Waals surface area contributed by atoms with Crippen LogP contribution in [-0.2, 0) is 20.4 Å². The topological polar surface area (TPSA) is 63.2 Å². The maximum absolute atomic E-state index is 11.6. The number of hydrogen-bond acceptors (Lipinski definition) is 4. The van der Waals surface area contributed by atoms with Crippen LogP contribution in [0.3, 0.4) is 0 Å². The number of nitrogens with one attached hydrogen (secondary N) is 1. The molecular formula is C9H16ClNO3S2. The fourth-order valence-electron chi connectivity index (χ4n) is 1.05. The third-order valence-electron chi connectivity index (χ3n) is 1.83. The van der Waals surface area contributed by atoms with Gasteiger partial charge in [0, 0.05) is 47.3 Å². The van der Waals surface area contributed by atoms with E-state index in [1.54, 1.807) is 0 Å². The van der Waals surface area contributed by atoms with E-state index in [2.05, 4.69) is 17.9 Å². The molecule has 0 aromatic heterocycles. The zero-order valence-corrected chi connectivity index (χ0v) is 11.5. The van der Waals surface area contributed by atoms with Crippen molar-refractivity contribution in [2.75, 3.05) is 23.1 Å². The molecule has 0 aromatic rings. The molecule has 1 N–H and O–H groups in total. The molecule has 2 unspecified atom stereocenters. The van der Waals surface area contributed by atoms with E-state index in [-0.39, 0.29) is 29.6 Å². The molecule has 0 aliphatic rings. The fraction of sp³-hybridized carbons (Fsp3) is 0.778. The summed E-state index contributed by atoms with van der Waals surface area (Å²) in [5, 5.41) is 2.50. The van der Waals surface area contributed by atoms with Crippen molar-refractivity contribution in [1.82, 2.24) is 5.32 Å². The molecule has 4 nitrogen and oxygen atoms in total. The summed E-state index contributed by atoms with van der Waals surface area (Å²) in [5.74, 6) is 0.835. The summed E-state index contributed by atoms with van der Waals surface area (Å²) in [5.41, 5.74) is 0. The molecule has 0 rings (SSSR count). The number of alkyl halides is 1. The van der Waals surface area contributed by atoms with Gasteiger partial charge in [-0.05, 0) is 0 Å². The van der Waals surface area contributed by atoms with Crippen molar-refractivity contribution < 1.29 is 13.8 Å². The van der Waals surface area contributed by atoms with Crippen molar-refractivity contribution in [3.05, 3.63) is 0 Å². The molecule has 0 bridgehead atoms. The minimum atomic E-state index is -1.06. The number of halogens is 1. The van der Waals surface area contributed by atoms with Gasteiger partial charge in [0.1, 0.15) is 0 Å². The quantitative estimate of drug-likeness (QED) is 0.500. The predicted octanol–water partition coefficient (Wildman–Crippen LogP) is 0.368. The fourth-order valence-corrected chi connectivity index (χ4v) is 2.67. The Bertz CT molecular complexity index is 273. The van der Waals surface area contributed by atoms with Crippen molar-refractivity contribution in [1.29, 1.82) is 0 Å². The SMILES string of the molecule is CC(=O)NC(CS)C(=O)CCS(=O)CCCl. The van der Waals surface area contributed by atoms with E-state index in [4.69, 9.17) is 11.6 Å². The molecule has 0 aromatic carbocycles. The Labute approximate surface area is 108 Å². The lowest BCUT2D eigenvalue weighted by Crippen LogP contribution is -2.41. The number of Topliss-reactive ketones (excluding diaryl/α,β-unsaturated/α-hetero) is 1. The number of thiol groups is 1. The van der Waals surface area contributed by atoms with Crippen LogP contribution in [-0.4, -0.2) is 45.1 Å². The Hall–Kier alpha value is -0.0700. The highest BCUT2D eigenvalue weighted by Crippen LogP contribution is 1.98. The summed E-state index contributed by atoms with van der Waals surface area (Å²) >= 11 is 9.41. The number of carbonyl (C=O) groups excluding carboxylic acids is 2. The van der Waals surface area contributed by atoms with E-state index in [9.17, 15) is 13.8 Å². The van der Waals surface area contributed by atoms with Crippen molar-refractivity contribution in [3.8, 4) is 0 Å². The summed E-state index contributed by atoms with van der Waals surface area (Å²) in [6.45, 7) is 1.34. The van der Waals surface area contributed by atoms with Gasteiger partial charge in [0.2, 0.25) is 5.91 Å². The van der Waals surface area contributed by atoms with E-state index in [1.165, 1.54) is 6.92 Å². The standard InChI is InChI=1S/C9H16ClNO3S2/c1-7(12)11-8(6-15)9(13)2-4-16(14)5-3-10/h8,15H,2-6H2,1H3,(H,11,12). The highest BCUT2D eigenvalue weighted by molar-refractivity contribution is 7.85. The monoisotopic (exact) mass is 285 g/mol. The second-order valence-corrected chi connectivity index (χ2v) is 5.63. The highest BCUT2D eigenvalue weighted by atomic mass is 35.5. The van der Waals surface area contributed by atoms with Gasteiger partial charge >= 0.3 is 0 Å². The Morgan fingerprint density at radius 3 is 2.50 bits per heavy atom. The molecule has 94 valence electrons. The van der Waals surface area contributed by atoms with E-state index >= 15 is 0 Å². The average Bonchev–Trinajstić information content (AvgIpc) is 2.22. The molecule has 2 atom stereocenters. The lowest BCUT2D eigenvalue weighted by Gasteiger charge is -2.13. The molecule has 0 saturated carbocycles. The summed E-state index contributed by atoms with van der Waals surface area (Å²) in [7, 11) is -1.06. The van der Waals surface area contributed by atoms with Gasteiger partial charge in [0.15, 0.2) is 5.78 Å². The summed E-state index contributed by atoms with van der Waals surface area (Å²) in [4.78, 5) is 22.4. The van der Waals surface area contributed by atoms with Gasteiger partial charge in [-0.2, -0.15) is 12.6 Å². The lowest BCUT2D eigenvalue weighted by molar-refractivity contribution is -0.126. The van der Waals surface area contributed by atoms with Crippen molar-refractivity contribution >= 4 is 46.7 Å². The molecule has 1 amide bonds. The summed E-state index contributed by atoms with van der Waals surface area (Å²) in [6.07, 6.45) is 0.176. The van der Waals surface area contributed by atoms with E-state index in [0.29, 0.717) is 11.6 Å². The molecule has 0 saturated heterocycles. The van der Waals surface area contributed by atoms with Crippen LogP contribution in [0.25, 0.3) is 0 Å². The number of amides is 1. The van der Waals surface area contributed by atoms with Gasteiger partial charge in [-0.15, -0.1) is 11.6 Å². The van der Waals surface area contributed by atoms with Crippen LogP contribution in [0.2, 0.25) is 0 Å². The van der Waals surface area contributed by atoms with Gasteiger partial charge < -0.3 is 5.32 Å². The lowest BCUT2D eigenvalue weighted by atomic mass is 10.1. The minimum absolute atomic E-state index is 0.145. The Balaban J connectivity index is 4.02. The number of hydrogen-bond donors (Lipinski definition) is 2. The molecule has 0 aliphatic carbocycles. The Morgan fingerprint density at radius 2 is 2.06 bits per heavy atom. The van der Waals surface area contributed by atoms with E-state index < -0.39 is 16.8 Å². The zero-order valence-electron chi connectivity index (χ0n) is 9.07. The smallest absolute Gasteiger partial charge is 0.217 e. The van der Waals surface area contributed by atoms with Crippen molar-refractivity contribution in [2.24, 2.45) is 0 Å². The second kappa shape index (κ2) is 9.01. The normalized spacial score (nSPS) is 14.2. The first-order chi connectivity index (χ1) is 7.51. The van der Waals surface area contributed by atoms with Gasteiger partial charge in [-0.3, -0.25) is 13.8 Å². The molecule has 0 radical (unpaired) electrons. The van der Waals surface area contributed by atoms with Crippen LogP contribution >= 0.6 is 24.2 Å². The molecule has 0 fully saturated rings. The maximum atomic E-state index is 11.6. The Morgan fingerprint density at radius 1 is 1.44 bits per heavy atom. The van der Waals surface area contributed by atoms with Crippen LogP contribution in [0, 0.1) is 0 Å². The number of carbonyl (C=O) groups is 2. The van der Waals surface area contributed by atoms with Gasteiger partial charge in [-0.25, -0.2) is 0 Å². The van der Waals surface area contributed by atoms with Crippen molar-refractivity contribution in [2.45, 2.75) is 19.4 Å². The first-order valence-corrected chi connectivity index (χ1v) is 7.48. The van der Waals surface area contributed by atoms with Gasteiger partial charge in [-0.1, -0.05) is 0 Å². The average molecular weight is 286 g/mol. The minimum Gasteiger partial charge on any atom is -0.346 e. The van der Waals surface area contributed by atoms with Crippen LogP contribution in [0.1, 0.15) is 13.3 Å². The van der Waals surface area contributed by atoms with Gasteiger partial charge in [0.25, 0.3) is 0 Å².